The van der Waals surface area contributed by atoms with Crippen molar-refractivity contribution in [3.05, 3.63) is 58.6 Å². The SMILES string of the molecule is O=C(COC(=O)COc1ccc2c(c1)CCC2)Nc1ccccc1Cl. The Morgan fingerprint density at radius 3 is 2.68 bits per heavy atom. The number of hydrogen-bond acceptors (Lipinski definition) is 4. The summed E-state index contributed by atoms with van der Waals surface area (Å²) in [5, 5.41) is 3.00. The number of aryl methyl sites for hydroxylation is 2. The Morgan fingerprint density at radius 1 is 1.04 bits per heavy atom. The van der Waals surface area contributed by atoms with Crippen molar-refractivity contribution < 1.29 is 19.1 Å². The van der Waals surface area contributed by atoms with Gasteiger partial charge < -0.3 is 14.8 Å². The zero-order chi connectivity index (χ0) is 17.6. The monoisotopic (exact) mass is 359 g/mol. The van der Waals surface area contributed by atoms with Gasteiger partial charge in [0.15, 0.2) is 13.2 Å². The number of amides is 1. The lowest BCUT2D eigenvalue weighted by Crippen LogP contribution is -2.23. The molecule has 130 valence electrons. The first kappa shape index (κ1) is 17.3. The Morgan fingerprint density at radius 2 is 1.84 bits per heavy atom. The molecule has 0 aromatic heterocycles. The first-order chi connectivity index (χ1) is 12.1. The molecule has 1 aliphatic carbocycles. The lowest BCUT2D eigenvalue weighted by Gasteiger charge is -2.09. The summed E-state index contributed by atoms with van der Waals surface area (Å²) in [6.07, 6.45) is 3.29. The zero-order valence-electron chi connectivity index (χ0n) is 13.6. The minimum absolute atomic E-state index is 0.238. The van der Waals surface area contributed by atoms with Crippen LogP contribution in [0.15, 0.2) is 42.5 Å². The molecular weight excluding hydrogens is 342 g/mol. The molecule has 0 fully saturated rings. The van der Waals surface area contributed by atoms with Crippen LogP contribution in [0.5, 0.6) is 5.75 Å². The Bertz CT molecular complexity index is 791. The number of halogens is 1. The van der Waals surface area contributed by atoms with Crippen LogP contribution < -0.4 is 10.1 Å². The molecule has 0 atom stereocenters. The van der Waals surface area contributed by atoms with Crippen LogP contribution >= 0.6 is 11.6 Å². The maximum atomic E-state index is 11.8. The average Bonchev–Trinajstić information content (AvgIpc) is 3.08. The fourth-order valence-corrected chi connectivity index (χ4v) is 2.90. The number of benzene rings is 2. The number of rotatable bonds is 6. The number of carbonyl (C=O) groups excluding carboxylic acids is 2. The number of fused-ring (bicyclic) bond motifs is 1. The largest absolute Gasteiger partial charge is 0.482 e. The van der Waals surface area contributed by atoms with Gasteiger partial charge in [-0.15, -0.1) is 0 Å². The molecule has 1 N–H and O–H groups in total. The highest BCUT2D eigenvalue weighted by molar-refractivity contribution is 6.33. The standard InChI is InChI=1S/C19H18ClNO4/c20-16-6-1-2-7-17(16)21-18(22)11-25-19(23)12-24-15-9-8-13-4-3-5-14(13)10-15/h1-2,6-10H,3-5,11-12H2,(H,21,22). The van der Waals surface area contributed by atoms with Gasteiger partial charge in [-0.1, -0.05) is 29.8 Å². The lowest BCUT2D eigenvalue weighted by atomic mass is 10.1. The lowest BCUT2D eigenvalue weighted by molar-refractivity contribution is -0.149. The number of nitrogens with one attached hydrogen (secondary N) is 1. The second kappa shape index (κ2) is 8.03. The molecule has 0 spiro atoms. The zero-order valence-corrected chi connectivity index (χ0v) is 14.3. The molecule has 3 rings (SSSR count). The van der Waals surface area contributed by atoms with Crippen molar-refractivity contribution in [2.75, 3.05) is 18.5 Å². The first-order valence-electron chi connectivity index (χ1n) is 8.06. The molecule has 0 bridgehead atoms. The van der Waals surface area contributed by atoms with E-state index in [2.05, 4.69) is 5.32 Å². The van der Waals surface area contributed by atoms with E-state index in [1.54, 1.807) is 24.3 Å². The number of anilines is 1. The Balaban J connectivity index is 1.42. The van der Waals surface area contributed by atoms with Crippen LogP contribution in [0, 0.1) is 0 Å². The van der Waals surface area contributed by atoms with E-state index < -0.39 is 18.5 Å². The minimum Gasteiger partial charge on any atom is -0.482 e. The van der Waals surface area contributed by atoms with Crippen LogP contribution in [-0.2, 0) is 27.2 Å². The van der Waals surface area contributed by atoms with Gasteiger partial charge in [0, 0.05) is 0 Å². The molecule has 0 saturated carbocycles. The summed E-state index contributed by atoms with van der Waals surface area (Å²) < 4.78 is 10.3. The number of para-hydroxylation sites is 1. The van der Waals surface area contributed by atoms with Crippen molar-refractivity contribution in [1.82, 2.24) is 0 Å². The number of ether oxygens (including phenoxy) is 2. The van der Waals surface area contributed by atoms with E-state index in [4.69, 9.17) is 21.1 Å². The molecule has 1 aliphatic rings. The molecular formula is C19H18ClNO4. The van der Waals surface area contributed by atoms with Crippen LogP contribution in [0.1, 0.15) is 17.5 Å². The van der Waals surface area contributed by atoms with E-state index >= 15 is 0 Å². The van der Waals surface area contributed by atoms with Crippen LogP contribution in [0.4, 0.5) is 5.69 Å². The van der Waals surface area contributed by atoms with Crippen LogP contribution in [0.2, 0.25) is 5.02 Å². The molecule has 5 nitrogen and oxygen atoms in total. The first-order valence-corrected chi connectivity index (χ1v) is 8.44. The molecule has 25 heavy (non-hydrogen) atoms. The van der Waals surface area contributed by atoms with Crippen molar-refractivity contribution in [1.29, 1.82) is 0 Å². The maximum absolute atomic E-state index is 11.8. The molecule has 1 amide bonds. The third kappa shape index (κ3) is 4.73. The molecule has 0 saturated heterocycles. The fraction of sp³-hybridized carbons (Fsp3) is 0.263. The van der Waals surface area contributed by atoms with E-state index in [0.717, 1.165) is 19.3 Å². The third-order valence-electron chi connectivity index (χ3n) is 3.94. The molecule has 6 heteroatoms. The van der Waals surface area contributed by atoms with Gasteiger partial charge in [0.2, 0.25) is 0 Å². The molecule has 2 aromatic carbocycles. The van der Waals surface area contributed by atoms with Crippen LogP contribution in [0.3, 0.4) is 0 Å². The molecule has 2 aromatic rings. The Labute approximate surface area is 150 Å². The van der Waals surface area contributed by atoms with Gasteiger partial charge in [0.1, 0.15) is 5.75 Å². The van der Waals surface area contributed by atoms with E-state index in [0.29, 0.717) is 16.5 Å². The van der Waals surface area contributed by atoms with Crippen LogP contribution in [-0.4, -0.2) is 25.1 Å². The Hall–Kier alpha value is -2.53. The van der Waals surface area contributed by atoms with E-state index in [1.807, 2.05) is 18.2 Å². The predicted octanol–water partition coefficient (Wildman–Crippen LogP) is 3.39. The summed E-state index contributed by atoms with van der Waals surface area (Å²) in [6, 6.07) is 12.7. The van der Waals surface area contributed by atoms with Gasteiger partial charge in [-0.05, 0) is 54.7 Å². The van der Waals surface area contributed by atoms with E-state index in [-0.39, 0.29) is 6.61 Å². The van der Waals surface area contributed by atoms with E-state index in [1.165, 1.54) is 11.1 Å². The summed E-state index contributed by atoms with van der Waals surface area (Å²) in [4.78, 5) is 23.5. The van der Waals surface area contributed by atoms with Gasteiger partial charge in [0.05, 0.1) is 10.7 Å². The molecule has 0 unspecified atom stereocenters. The van der Waals surface area contributed by atoms with Gasteiger partial charge in [-0.25, -0.2) is 4.79 Å². The van der Waals surface area contributed by atoms with Crippen molar-refractivity contribution in [2.24, 2.45) is 0 Å². The maximum Gasteiger partial charge on any atom is 0.344 e. The van der Waals surface area contributed by atoms with Gasteiger partial charge in [-0.2, -0.15) is 0 Å². The predicted molar refractivity (Wildman–Crippen MR) is 95.0 cm³/mol. The molecule has 0 heterocycles. The second-order valence-electron chi connectivity index (χ2n) is 5.76. The van der Waals surface area contributed by atoms with Crippen molar-refractivity contribution >= 4 is 29.2 Å². The van der Waals surface area contributed by atoms with Crippen LogP contribution in [0.25, 0.3) is 0 Å². The number of esters is 1. The van der Waals surface area contributed by atoms with Crippen molar-refractivity contribution in [3.63, 3.8) is 0 Å². The highest BCUT2D eigenvalue weighted by atomic mass is 35.5. The summed E-state index contributed by atoms with van der Waals surface area (Å²) in [6.45, 7) is -0.629. The summed E-state index contributed by atoms with van der Waals surface area (Å²) in [5.41, 5.74) is 3.08. The smallest absolute Gasteiger partial charge is 0.344 e. The quantitative estimate of drug-likeness (QED) is 0.803. The topological polar surface area (TPSA) is 64.6 Å². The highest BCUT2D eigenvalue weighted by Gasteiger charge is 2.13. The number of hydrogen-bond donors (Lipinski definition) is 1. The highest BCUT2D eigenvalue weighted by Crippen LogP contribution is 2.26. The average molecular weight is 360 g/mol. The summed E-state index contributed by atoms with van der Waals surface area (Å²) >= 11 is 5.95. The minimum atomic E-state index is -0.602. The fourth-order valence-electron chi connectivity index (χ4n) is 2.72. The summed E-state index contributed by atoms with van der Waals surface area (Å²) in [7, 11) is 0. The normalized spacial score (nSPS) is 12.4. The molecule has 0 radical (unpaired) electrons. The summed E-state index contributed by atoms with van der Waals surface area (Å²) in [5.74, 6) is -0.424. The van der Waals surface area contributed by atoms with Crippen molar-refractivity contribution in [2.45, 2.75) is 19.3 Å². The Kier molecular flexibility index (Phi) is 5.56. The van der Waals surface area contributed by atoms with Gasteiger partial charge in [0.25, 0.3) is 5.91 Å². The van der Waals surface area contributed by atoms with Crippen molar-refractivity contribution in [3.8, 4) is 5.75 Å². The molecule has 0 aliphatic heterocycles. The van der Waals surface area contributed by atoms with Gasteiger partial charge >= 0.3 is 5.97 Å². The van der Waals surface area contributed by atoms with Gasteiger partial charge in [-0.3, -0.25) is 4.79 Å². The number of carbonyl (C=O) groups is 2. The second-order valence-corrected chi connectivity index (χ2v) is 6.17. The van der Waals surface area contributed by atoms with E-state index in [9.17, 15) is 9.59 Å². The third-order valence-corrected chi connectivity index (χ3v) is 4.27.